The molecule has 0 radical (unpaired) electrons. The van der Waals surface area contributed by atoms with Crippen molar-refractivity contribution < 1.29 is 4.79 Å². The van der Waals surface area contributed by atoms with E-state index in [0.29, 0.717) is 11.3 Å². The zero-order valence-corrected chi connectivity index (χ0v) is 13.6. The number of hydrogen-bond acceptors (Lipinski definition) is 3. The Morgan fingerprint density at radius 2 is 1.90 bits per heavy atom. The lowest BCUT2D eigenvalue weighted by molar-refractivity contribution is -0.116. The first kappa shape index (κ1) is 15.3. The molecule has 0 saturated carbocycles. The van der Waals surface area contributed by atoms with E-state index in [4.69, 9.17) is 5.26 Å². The second-order valence-corrected chi connectivity index (χ2v) is 5.80. The molecule has 106 valence electrons. The molecule has 4 nitrogen and oxygen atoms in total. The molecule has 0 fully saturated rings. The summed E-state index contributed by atoms with van der Waals surface area (Å²) in [7, 11) is 0. The summed E-state index contributed by atoms with van der Waals surface area (Å²) in [6.45, 7) is 1.79. The molecule has 5 heteroatoms. The largest absolute Gasteiger partial charge is 0.374 e. The molecule has 1 atom stereocenters. The highest BCUT2D eigenvalue weighted by atomic mass is 127. The monoisotopic (exact) mass is 391 g/mol. The Hall–Kier alpha value is -2.07. The minimum atomic E-state index is -0.381. The number of hydrogen-bond donors (Lipinski definition) is 2. The minimum absolute atomic E-state index is 0.149. The van der Waals surface area contributed by atoms with Crippen LogP contribution in [-0.4, -0.2) is 11.9 Å². The topological polar surface area (TPSA) is 64.9 Å². The second-order valence-electron chi connectivity index (χ2n) is 4.56. The van der Waals surface area contributed by atoms with Crippen molar-refractivity contribution in [1.82, 2.24) is 0 Å². The van der Waals surface area contributed by atoms with Gasteiger partial charge < -0.3 is 10.6 Å². The highest BCUT2D eigenvalue weighted by Crippen LogP contribution is 2.15. The van der Waals surface area contributed by atoms with Crippen molar-refractivity contribution in [3.05, 3.63) is 57.7 Å². The molecule has 0 aliphatic carbocycles. The fourth-order valence-electron chi connectivity index (χ4n) is 1.81. The number of carbonyl (C=O) groups is 1. The lowest BCUT2D eigenvalue weighted by Crippen LogP contribution is -2.31. The SMILES string of the molecule is C[C@H](Nc1cccc(I)c1)C(=O)Nc1cccc(C#N)c1. The number of anilines is 2. The zero-order valence-electron chi connectivity index (χ0n) is 11.4. The fourth-order valence-corrected chi connectivity index (χ4v) is 2.35. The maximum atomic E-state index is 12.1. The molecule has 2 aromatic rings. The van der Waals surface area contributed by atoms with E-state index >= 15 is 0 Å². The standard InChI is InChI=1S/C16H14IN3O/c1-11(19-15-7-3-5-13(17)9-15)16(21)20-14-6-2-4-12(8-14)10-18/h2-9,11,19H,1H3,(H,20,21)/t11-/m0/s1. The van der Waals surface area contributed by atoms with Gasteiger partial charge in [-0.3, -0.25) is 4.79 Å². The molecule has 0 heterocycles. The lowest BCUT2D eigenvalue weighted by atomic mass is 10.2. The van der Waals surface area contributed by atoms with Crippen LogP contribution in [-0.2, 0) is 4.79 Å². The summed E-state index contributed by atoms with van der Waals surface area (Å²) in [5.74, 6) is -0.149. The molecule has 2 aromatic carbocycles. The minimum Gasteiger partial charge on any atom is -0.374 e. The average molecular weight is 391 g/mol. The number of benzene rings is 2. The van der Waals surface area contributed by atoms with E-state index < -0.39 is 0 Å². The molecule has 2 N–H and O–H groups in total. The molecular formula is C16H14IN3O. The van der Waals surface area contributed by atoms with E-state index in [1.54, 1.807) is 31.2 Å². The summed E-state index contributed by atoms with van der Waals surface area (Å²) in [4.78, 5) is 12.1. The third-order valence-electron chi connectivity index (χ3n) is 2.86. The van der Waals surface area contributed by atoms with Crippen molar-refractivity contribution in [3.63, 3.8) is 0 Å². The maximum absolute atomic E-state index is 12.1. The first-order chi connectivity index (χ1) is 10.1. The molecule has 0 spiro atoms. The summed E-state index contributed by atoms with van der Waals surface area (Å²) >= 11 is 2.22. The van der Waals surface area contributed by atoms with Gasteiger partial charge in [-0.25, -0.2) is 0 Å². The van der Waals surface area contributed by atoms with Gasteiger partial charge in [0.1, 0.15) is 6.04 Å². The molecule has 0 bridgehead atoms. The molecular weight excluding hydrogens is 377 g/mol. The van der Waals surface area contributed by atoms with Crippen molar-refractivity contribution in [2.75, 3.05) is 10.6 Å². The fraction of sp³-hybridized carbons (Fsp3) is 0.125. The van der Waals surface area contributed by atoms with Gasteiger partial charge in [0.2, 0.25) is 5.91 Å². The lowest BCUT2D eigenvalue weighted by Gasteiger charge is -2.15. The van der Waals surface area contributed by atoms with E-state index in [0.717, 1.165) is 9.26 Å². The maximum Gasteiger partial charge on any atom is 0.246 e. The summed E-state index contributed by atoms with van der Waals surface area (Å²) in [5.41, 5.74) is 2.04. The molecule has 0 unspecified atom stereocenters. The Balaban J connectivity index is 2.01. The van der Waals surface area contributed by atoms with Gasteiger partial charge in [0.05, 0.1) is 11.6 Å². The number of nitrogens with zero attached hydrogens (tertiary/aromatic N) is 1. The molecule has 2 rings (SSSR count). The van der Waals surface area contributed by atoms with Crippen LogP contribution in [0.25, 0.3) is 0 Å². The zero-order chi connectivity index (χ0) is 15.2. The van der Waals surface area contributed by atoms with Crippen LogP contribution in [0.15, 0.2) is 48.5 Å². The summed E-state index contributed by atoms with van der Waals surface area (Å²) in [6.07, 6.45) is 0. The quantitative estimate of drug-likeness (QED) is 0.783. The van der Waals surface area contributed by atoms with Gasteiger partial charge in [-0.2, -0.15) is 5.26 Å². The van der Waals surface area contributed by atoms with Crippen LogP contribution in [0.5, 0.6) is 0 Å². The molecule has 0 saturated heterocycles. The molecule has 0 aromatic heterocycles. The van der Waals surface area contributed by atoms with Gasteiger partial charge in [-0.1, -0.05) is 12.1 Å². The van der Waals surface area contributed by atoms with Crippen molar-refractivity contribution in [2.24, 2.45) is 0 Å². The average Bonchev–Trinajstić information content (AvgIpc) is 2.47. The van der Waals surface area contributed by atoms with Gasteiger partial charge in [0.15, 0.2) is 0 Å². The Morgan fingerprint density at radius 3 is 2.62 bits per heavy atom. The van der Waals surface area contributed by atoms with Crippen LogP contribution >= 0.6 is 22.6 Å². The van der Waals surface area contributed by atoms with Crippen LogP contribution in [0.2, 0.25) is 0 Å². The van der Waals surface area contributed by atoms with E-state index in [2.05, 4.69) is 33.2 Å². The Morgan fingerprint density at radius 1 is 1.19 bits per heavy atom. The normalized spacial score (nSPS) is 11.3. The van der Waals surface area contributed by atoms with Crippen LogP contribution < -0.4 is 10.6 Å². The van der Waals surface area contributed by atoms with Crippen LogP contribution in [0.1, 0.15) is 12.5 Å². The van der Waals surface area contributed by atoms with E-state index in [9.17, 15) is 4.79 Å². The van der Waals surface area contributed by atoms with Crippen LogP contribution in [0.4, 0.5) is 11.4 Å². The third kappa shape index (κ3) is 4.46. The van der Waals surface area contributed by atoms with Gasteiger partial charge in [0.25, 0.3) is 0 Å². The molecule has 1 amide bonds. The summed E-state index contributed by atoms with van der Waals surface area (Å²) < 4.78 is 1.10. The van der Waals surface area contributed by atoms with Gasteiger partial charge in [-0.15, -0.1) is 0 Å². The summed E-state index contributed by atoms with van der Waals surface area (Å²) in [5, 5.41) is 14.8. The predicted octanol–water partition coefficient (Wildman–Crippen LogP) is 3.60. The van der Waals surface area contributed by atoms with Gasteiger partial charge in [-0.05, 0) is 65.9 Å². The summed E-state index contributed by atoms with van der Waals surface area (Å²) in [6, 6.07) is 16.3. The van der Waals surface area contributed by atoms with Crippen molar-refractivity contribution in [3.8, 4) is 6.07 Å². The predicted molar refractivity (Wildman–Crippen MR) is 92.0 cm³/mol. The first-order valence-electron chi connectivity index (χ1n) is 6.41. The van der Waals surface area contributed by atoms with E-state index in [1.165, 1.54) is 0 Å². The van der Waals surface area contributed by atoms with Crippen molar-refractivity contribution >= 4 is 39.9 Å². The van der Waals surface area contributed by atoms with E-state index in [-0.39, 0.29) is 11.9 Å². The van der Waals surface area contributed by atoms with Crippen molar-refractivity contribution in [1.29, 1.82) is 5.26 Å². The van der Waals surface area contributed by atoms with E-state index in [1.807, 2.05) is 30.3 Å². The number of nitriles is 1. The number of rotatable bonds is 4. The molecule has 0 aliphatic heterocycles. The number of nitrogens with one attached hydrogen (secondary N) is 2. The highest BCUT2D eigenvalue weighted by molar-refractivity contribution is 14.1. The van der Waals surface area contributed by atoms with Gasteiger partial charge in [0, 0.05) is 14.9 Å². The van der Waals surface area contributed by atoms with Crippen LogP contribution in [0.3, 0.4) is 0 Å². The smallest absolute Gasteiger partial charge is 0.246 e. The number of amides is 1. The third-order valence-corrected chi connectivity index (χ3v) is 3.53. The molecule has 21 heavy (non-hydrogen) atoms. The van der Waals surface area contributed by atoms with Crippen molar-refractivity contribution in [2.45, 2.75) is 13.0 Å². The number of carbonyl (C=O) groups excluding carboxylic acids is 1. The van der Waals surface area contributed by atoms with Crippen LogP contribution in [0, 0.1) is 14.9 Å². The Labute approximate surface area is 137 Å². The Kier molecular flexibility index (Phi) is 5.17. The highest BCUT2D eigenvalue weighted by Gasteiger charge is 2.13. The van der Waals surface area contributed by atoms with Gasteiger partial charge >= 0.3 is 0 Å². The number of halogens is 1. The second kappa shape index (κ2) is 7.09. The molecule has 0 aliphatic rings. The Bertz CT molecular complexity index is 694. The first-order valence-corrected chi connectivity index (χ1v) is 7.49.